The third-order valence-corrected chi connectivity index (χ3v) is 7.15. The van der Waals surface area contributed by atoms with E-state index in [2.05, 4.69) is 0 Å². The molecule has 2 aromatic rings. The van der Waals surface area contributed by atoms with Gasteiger partial charge < -0.3 is 4.13 Å². The summed E-state index contributed by atoms with van der Waals surface area (Å²) in [6.07, 6.45) is -22.3. The Morgan fingerprint density at radius 2 is 0.639 bits per heavy atom. The standard InChI is InChI=1S/C16H6F12NO4S2.Rb/c17-13(18,19)7-1-8(14(20,21)22)4-11(3-7)34(30,31)29-35(32,33)12-5-9(15(23,24)25)2-10(6-12)16(26,27)28;/h1-6H;/q-1;+1. The number of alkyl halides is 12. The van der Waals surface area contributed by atoms with E-state index in [4.69, 9.17) is 0 Å². The maximum atomic E-state index is 12.9. The number of halogens is 12. The zero-order chi connectivity index (χ0) is 27.4. The topological polar surface area (TPSA) is 82.4 Å². The minimum atomic E-state index is -6.05. The van der Waals surface area contributed by atoms with Crippen LogP contribution in [0.1, 0.15) is 22.3 Å². The monoisotopic (exact) mass is 653 g/mol. The second-order valence-corrected chi connectivity index (χ2v) is 9.95. The maximum absolute atomic E-state index is 12.9. The van der Waals surface area contributed by atoms with E-state index < -0.39 is 113 Å². The van der Waals surface area contributed by atoms with Gasteiger partial charge in [-0.25, -0.2) is 16.8 Å². The summed E-state index contributed by atoms with van der Waals surface area (Å²) in [5.74, 6) is 0. The number of hydrogen-bond acceptors (Lipinski definition) is 4. The molecule has 0 unspecified atom stereocenters. The van der Waals surface area contributed by atoms with Crippen LogP contribution in [0, 0.1) is 0 Å². The van der Waals surface area contributed by atoms with Gasteiger partial charge in [-0.05, 0) is 36.4 Å². The Morgan fingerprint density at radius 3 is 0.806 bits per heavy atom. The molecule has 0 fully saturated rings. The summed E-state index contributed by atoms with van der Waals surface area (Å²) in [5.41, 5.74) is -8.84. The summed E-state index contributed by atoms with van der Waals surface area (Å²) in [7, 11) is -12.1. The minimum Gasteiger partial charge on any atom is -0.428 e. The van der Waals surface area contributed by atoms with Gasteiger partial charge in [0.1, 0.15) is 20.0 Å². The van der Waals surface area contributed by atoms with Gasteiger partial charge in [-0.15, -0.1) is 0 Å². The van der Waals surface area contributed by atoms with E-state index in [0.29, 0.717) is 0 Å². The van der Waals surface area contributed by atoms with Crippen molar-refractivity contribution in [3.63, 3.8) is 0 Å². The second kappa shape index (κ2) is 10.4. The average molecular weight is 654 g/mol. The molecule has 196 valence electrons. The van der Waals surface area contributed by atoms with Crippen LogP contribution >= 0.6 is 0 Å². The first-order valence-corrected chi connectivity index (χ1v) is 11.1. The van der Waals surface area contributed by atoms with E-state index in [1.165, 1.54) is 0 Å². The molecular formula is C16H6F12NO4RbS2. The van der Waals surface area contributed by atoms with Crippen molar-refractivity contribution in [1.29, 1.82) is 0 Å². The van der Waals surface area contributed by atoms with E-state index in [9.17, 15) is 69.5 Å². The molecule has 0 saturated carbocycles. The van der Waals surface area contributed by atoms with Crippen molar-refractivity contribution in [3.8, 4) is 0 Å². The quantitative estimate of drug-likeness (QED) is 0.475. The third-order valence-electron chi connectivity index (χ3n) is 3.91. The van der Waals surface area contributed by atoms with Gasteiger partial charge in [0.25, 0.3) is 0 Å². The molecule has 0 N–H and O–H groups in total. The Kier molecular flexibility index (Phi) is 9.66. The van der Waals surface area contributed by atoms with Crippen LogP contribution in [0.15, 0.2) is 46.2 Å². The molecule has 0 saturated heterocycles. The smallest absolute Gasteiger partial charge is 0.428 e. The molecule has 0 aliphatic rings. The van der Waals surface area contributed by atoms with Crippen LogP contribution in [0.2, 0.25) is 0 Å². The van der Waals surface area contributed by atoms with Gasteiger partial charge in [0.15, 0.2) is 0 Å². The van der Waals surface area contributed by atoms with Crippen molar-refractivity contribution in [3.05, 3.63) is 62.8 Å². The van der Waals surface area contributed by atoms with Gasteiger partial charge in [0.05, 0.1) is 32.0 Å². The van der Waals surface area contributed by atoms with Crippen molar-refractivity contribution in [2.45, 2.75) is 34.5 Å². The van der Waals surface area contributed by atoms with Crippen LogP contribution in [0.3, 0.4) is 0 Å². The van der Waals surface area contributed by atoms with Crippen molar-refractivity contribution in [1.82, 2.24) is 0 Å². The van der Waals surface area contributed by atoms with Gasteiger partial charge in [-0.1, -0.05) is 0 Å². The Hall–Kier alpha value is -0.735. The Morgan fingerprint density at radius 1 is 0.444 bits per heavy atom. The zero-order valence-electron chi connectivity index (χ0n) is 16.9. The fourth-order valence-electron chi connectivity index (χ4n) is 2.37. The average Bonchev–Trinajstić information content (AvgIpc) is 2.63. The first-order valence-electron chi connectivity index (χ1n) is 8.17. The summed E-state index contributed by atoms with van der Waals surface area (Å²) < 4.78 is 206. The molecule has 2 aromatic carbocycles. The molecule has 0 aliphatic heterocycles. The maximum Gasteiger partial charge on any atom is 1.00 e. The van der Waals surface area contributed by atoms with E-state index in [1.54, 1.807) is 0 Å². The molecule has 0 bridgehead atoms. The molecule has 0 amide bonds. The first kappa shape index (κ1) is 33.3. The fourth-order valence-corrected chi connectivity index (χ4v) is 5.19. The molecule has 0 aromatic heterocycles. The number of rotatable bonds is 4. The van der Waals surface area contributed by atoms with Crippen LogP contribution in [0.25, 0.3) is 4.13 Å². The number of hydrogen-bond donors (Lipinski definition) is 0. The number of benzene rings is 2. The second-order valence-electron chi connectivity index (χ2n) is 6.51. The minimum absolute atomic E-state index is 0. The van der Waals surface area contributed by atoms with Crippen molar-refractivity contribution in [2.24, 2.45) is 0 Å². The Labute approximate surface area is 242 Å². The molecule has 36 heavy (non-hydrogen) atoms. The van der Waals surface area contributed by atoms with Crippen LogP contribution < -0.4 is 58.2 Å². The van der Waals surface area contributed by atoms with E-state index in [0.717, 1.165) is 0 Å². The number of nitrogens with zero attached hydrogens (tertiary/aromatic N) is 1. The number of sulfonamides is 2. The SMILES string of the molecule is O=S(=O)([N-]S(=O)(=O)c1cc(C(F)(F)F)cc(C(F)(F)F)c1)c1cc(C(F)(F)F)cc(C(F)(F)F)c1.[Rb+]. The van der Waals surface area contributed by atoms with Crippen molar-refractivity contribution < 1.29 is 128 Å². The molecule has 0 aliphatic carbocycles. The Balaban J connectivity index is 0.00000648. The van der Waals surface area contributed by atoms with Gasteiger partial charge in [0, 0.05) is 0 Å². The fraction of sp³-hybridized carbons (Fsp3) is 0.250. The molecular weight excluding hydrogens is 648 g/mol. The van der Waals surface area contributed by atoms with E-state index >= 15 is 0 Å². The molecule has 0 spiro atoms. The largest absolute Gasteiger partial charge is 1.00 e. The summed E-state index contributed by atoms with van der Waals surface area (Å²) in [6, 6.07) is -2.83. The third kappa shape index (κ3) is 8.13. The van der Waals surface area contributed by atoms with Crippen LogP contribution in [-0.4, -0.2) is 16.8 Å². The molecule has 0 atom stereocenters. The molecule has 2 rings (SSSR count). The van der Waals surface area contributed by atoms with Gasteiger partial charge >= 0.3 is 82.9 Å². The molecule has 5 nitrogen and oxygen atoms in total. The summed E-state index contributed by atoms with van der Waals surface area (Å²) in [4.78, 5) is -3.99. The zero-order valence-corrected chi connectivity index (χ0v) is 23.4. The predicted octanol–water partition coefficient (Wildman–Crippen LogP) is 3.22. The Bertz CT molecular complexity index is 1180. The van der Waals surface area contributed by atoms with Gasteiger partial charge in [-0.2, -0.15) is 52.7 Å². The van der Waals surface area contributed by atoms with Gasteiger partial charge in [-0.3, -0.25) is 0 Å². The van der Waals surface area contributed by atoms with Crippen LogP contribution in [0.5, 0.6) is 0 Å². The predicted molar refractivity (Wildman–Crippen MR) is 90.6 cm³/mol. The summed E-state index contributed by atoms with van der Waals surface area (Å²) in [5, 5.41) is 0. The summed E-state index contributed by atoms with van der Waals surface area (Å²) >= 11 is 0. The van der Waals surface area contributed by atoms with Crippen molar-refractivity contribution in [2.75, 3.05) is 0 Å². The molecule has 0 heterocycles. The van der Waals surface area contributed by atoms with Crippen LogP contribution in [0.4, 0.5) is 52.7 Å². The molecule has 20 heteroatoms. The van der Waals surface area contributed by atoms with Gasteiger partial charge in [0.2, 0.25) is 0 Å². The summed E-state index contributed by atoms with van der Waals surface area (Å²) in [6.45, 7) is 0. The van der Waals surface area contributed by atoms with E-state index in [1.807, 2.05) is 4.13 Å². The normalized spacial score (nSPS) is 13.9. The van der Waals surface area contributed by atoms with Crippen molar-refractivity contribution >= 4 is 20.0 Å². The molecule has 0 radical (unpaired) electrons. The van der Waals surface area contributed by atoms with E-state index in [-0.39, 0.29) is 58.2 Å². The first-order chi connectivity index (χ1) is 15.3. The van der Waals surface area contributed by atoms with Crippen LogP contribution in [-0.2, 0) is 44.8 Å².